The van der Waals surface area contributed by atoms with E-state index in [4.69, 9.17) is 0 Å². The van der Waals surface area contributed by atoms with Crippen molar-refractivity contribution in [1.82, 2.24) is 0 Å². The number of allylic oxidation sites excluding steroid dienone is 2. The van der Waals surface area contributed by atoms with E-state index in [9.17, 15) is 9.59 Å². The van der Waals surface area contributed by atoms with Crippen LogP contribution in [0.3, 0.4) is 0 Å². The van der Waals surface area contributed by atoms with Crippen LogP contribution in [0.1, 0.15) is 67.2 Å². The average Bonchev–Trinajstić information content (AvgIpc) is 2.76. The van der Waals surface area contributed by atoms with E-state index in [1.54, 1.807) is 0 Å². The molecule has 1 aromatic rings. The SMILES string of the molecule is Cc1cc(C)c(C2C(=O)C/C(=C\C3CCCCC3C)C2=O)c(C)c1. The molecule has 128 valence electrons. The zero-order chi connectivity index (χ0) is 17.4. The van der Waals surface area contributed by atoms with Gasteiger partial charge < -0.3 is 0 Å². The molecule has 3 unspecified atom stereocenters. The molecule has 1 aromatic carbocycles. The summed E-state index contributed by atoms with van der Waals surface area (Å²) in [6, 6.07) is 4.15. The smallest absolute Gasteiger partial charge is 0.173 e. The van der Waals surface area contributed by atoms with Gasteiger partial charge in [-0.15, -0.1) is 0 Å². The lowest BCUT2D eigenvalue weighted by Crippen LogP contribution is -2.17. The molecule has 24 heavy (non-hydrogen) atoms. The van der Waals surface area contributed by atoms with Crippen molar-refractivity contribution < 1.29 is 9.59 Å². The third-order valence-electron chi connectivity index (χ3n) is 5.89. The largest absolute Gasteiger partial charge is 0.298 e. The average molecular weight is 324 g/mol. The first-order chi connectivity index (χ1) is 11.4. The molecule has 0 saturated heterocycles. The van der Waals surface area contributed by atoms with Crippen LogP contribution in [0, 0.1) is 32.6 Å². The highest BCUT2D eigenvalue weighted by molar-refractivity contribution is 6.23. The van der Waals surface area contributed by atoms with E-state index >= 15 is 0 Å². The topological polar surface area (TPSA) is 34.1 Å². The van der Waals surface area contributed by atoms with Crippen molar-refractivity contribution in [2.75, 3.05) is 0 Å². The molecule has 2 fully saturated rings. The Morgan fingerprint density at radius 3 is 2.25 bits per heavy atom. The highest BCUT2D eigenvalue weighted by Crippen LogP contribution is 2.38. The fraction of sp³-hybridized carbons (Fsp3) is 0.545. The number of ketones is 2. The summed E-state index contributed by atoms with van der Waals surface area (Å²) >= 11 is 0. The van der Waals surface area contributed by atoms with Gasteiger partial charge >= 0.3 is 0 Å². The second kappa shape index (κ2) is 6.66. The van der Waals surface area contributed by atoms with Gasteiger partial charge in [-0.25, -0.2) is 0 Å². The Morgan fingerprint density at radius 1 is 1.00 bits per heavy atom. The predicted octanol–water partition coefficient (Wildman–Crippen LogP) is 4.99. The Bertz CT molecular complexity index is 688. The Morgan fingerprint density at radius 2 is 1.62 bits per heavy atom. The van der Waals surface area contributed by atoms with Crippen LogP contribution in [0.4, 0.5) is 0 Å². The summed E-state index contributed by atoms with van der Waals surface area (Å²) in [7, 11) is 0. The third kappa shape index (κ3) is 3.11. The number of rotatable bonds is 2. The van der Waals surface area contributed by atoms with Crippen molar-refractivity contribution in [3.05, 3.63) is 46.0 Å². The molecule has 2 nitrogen and oxygen atoms in total. The van der Waals surface area contributed by atoms with Crippen LogP contribution in [0.5, 0.6) is 0 Å². The number of Topliss-reactive ketones (excluding diaryl/α,β-unsaturated/α-hetero) is 2. The minimum atomic E-state index is -0.573. The molecule has 0 aromatic heterocycles. The Labute approximate surface area is 145 Å². The molecule has 2 heteroatoms. The number of carbonyl (C=O) groups excluding carboxylic acids is 2. The first-order valence-electron chi connectivity index (χ1n) is 9.24. The van der Waals surface area contributed by atoms with Crippen molar-refractivity contribution in [3.63, 3.8) is 0 Å². The van der Waals surface area contributed by atoms with Crippen LogP contribution in [0.25, 0.3) is 0 Å². The first-order valence-corrected chi connectivity index (χ1v) is 9.24. The minimum Gasteiger partial charge on any atom is -0.298 e. The van der Waals surface area contributed by atoms with E-state index in [-0.39, 0.29) is 11.6 Å². The Hall–Kier alpha value is -1.70. The van der Waals surface area contributed by atoms with Gasteiger partial charge in [-0.05, 0) is 61.3 Å². The summed E-state index contributed by atoms with van der Waals surface area (Å²) in [4.78, 5) is 25.6. The monoisotopic (exact) mass is 324 g/mol. The van der Waals surface area contributed by atoms with Gasteiger partial charge in [0.25, 0.3) is 0 Å². The van der Waals surface area contributed by atoms with Crippen molar-refractivity contribution in [2.45, 2.75) is 65.7 Å². The fourth-order valence-electron chi connectivity index (χ4n) is 4.64. The Balaban J connectivity index is 1.93. The van der Waals surface area contributed by atoms with Gasteiger partial charge in [0.15, 0.2) is 11.6 Å². The molecule has 0 spiro atoms. The van der Waals surface area contributed by atoms with Crippen LogP contribution in [-0.4, -0.2) is 11.6 Å². The molecule has 0 radical (unpaired) electrons. The summed E-state index contributed by atoms with van der Waals surface area (Å²) < 4.78 is 0. The second-order valence-electron chi connectivity index (χ2n) is 7.87. The quantitative estimate of drug-likeness (QED) is 0.567. The molecule has 0 N–H and O–H groups in total. The van der Waals surface area contributed by atoms with Crippen molar-refractivity contribution in [3.8, 4) is 0 Å². The molecule has 2 aliphatic carbocycles. The van der Waals surface area contributed by atoms with E-state index in [1.165, 1.54) is 24.8 Å². The standard InChI is InChI=1S/C22H28O2/c1-13-9-15(3)20(16(4)10-13)21-19(23)12-18(22(21)24)11-17-8-6-5-7-14(17)2/h9-11,14,17,21H,5-8,12H2,1-4H3/b18-11+. The minimum absolute atomic E-state index is 0.0489. The maximum Gasteiger partial charge on any atom is 0.173 e. The lowest BCUT2D eigenvalue weighted by molar-refractivity contribution is -0.123. The predicted molar refractivity (Wildman–Crippen MR) is 97.2 cm³/mol. The maximum atomic E-state index is 13.0. The Kier molecular flexibility index (Phi) is 4.76. The lowest BCUT2D eigenvalue weighted by atomic mass is 9.79. The summed E-state index contributed by atoms with van der Waals surface area (Å²) in [5.74, 6) is 0.633. The summed E-state index contributed by atoms with van der Waals surface area (Å²) in [6.45, 7) is 8.35. The van der Waals surface area contributed by atoms with Crippen LogP contribution in [0.2, 0.25) is 0 Å². The van der Waals surface area contributed by atoms with Crippen molar-refractivity contribution in [2.24, 2.45) is 11.8 Å². The van der Waals surface area contributed by atoms with Gasteiger partial charge in [-0.2, -0.15) is 0 Å². The third-order valence-corrected chi connectivity index (χ3v) is 5.89. The molecule has 0 aliphatic heterocycles. The van der Waals surface area contributed by atoms with Gasteiger partial charge in [0, 0.05) is 6.42 Å². The molecule has 2 aliphatic rings. The van der Waals surface area contributed by atoms with Crippen LogP contribution in [0.15, 0.2) is 23.8 Å². The zero-order valence-corrected chi connectivity index (χ0v) is 15.3. The molecular formula is C22H28O2. The highest BCUT2D eigenvalue weighted by Gasteiger charge is 2.40. The molecule has 3 rings (SSSR count). The van der Waals surface area contributed by atoms with E-state index < -0.39 is 5.92 Å². The number of aryl methyl sites for hydroxylation is 3. The van der Waals surface area contributed by atoms with Gasteiger partial charge in [0.1, 0.15) is 5.92 Å². The van der Waals surface area contributed by atoms with Crippen LogP contribution < -0.4 is 0 Å². The number of carbonyl (C=O) groups is 2. The lowest BCUT2D eigenvalue weighted by Gasteiger charge is -2.26. The fourth-order valence-corrected chi connectivity index (χ4v) is 4.64. The number of hydrogen-bond acceptors (Lipinski definition) is 2. The summed E-state index contributed by atoms with van der Waals surface area (Å²) in [5, 5.41) is 0. The normalized spacial score (nSPS) is 29.5. The molecule has 0 bridgehead atoms. The molecule has 0 amide bonds. The van der Waals surface area contributed by atoms with E-state index in [2.05, 4.69) is 32.1 Å². The summed E-state index contributed by atoms with van der Waals surface area (Å²) in [5.41, 5.74) is 5.01. The molecule has 3 atom stereocenters. The highest BCUT2D eigenvalue weighted by atomic mass is 16.2. The van der Waals surface area contributed by atoms with Crippen LogP contribution in [-0.2, 0) is 9.59 Å². The van der Waals surface area contributed by atoms with Gasteiger partial charge in [0.05, 0.1) is 0 Å². The van der Waals surface area contributed by atoms with Gasteiger partial charge in [0.2, 0.25) is 0 Å². The zero-order valence-electron chi connectivity index (χ0n) is 15.3. The maximum absolute atomic E-state index is 13.0. The number of hydrogen-bond donors (Lipinski definition) is 0. The summed E-state index contributed by atoms with van der Waals surface area (Å²) in [6.07, 6.45) is 7.37. The second-order valence-corrected chi connectivity index (χ2v) is 7.87. The van der Waals surface area contributed by atoms with Gasteiger partial charge in [-0.3, -0.25) is 9.59 Å². The van der Waals surface area contributed by atoms with E-state index in [1.807, 2.05) is 13.8 Å². The van der Waals surface area contributed by atoms with Crippen molar-refractivity contribution in [1.29, 1.82) is 0 Å². The van der Waals surface area contributed by atoms with E-state index in [0.717, 1.165) is 28.7 Å². The van der Waals surface area contributed by atoms with E-state index in [0.29, 0.717) is 18.3 Å². The van der Waals surface area contributed by atoms with Gasteiger partial charge in [-0.1, -0.05) is 50.0 Å². The molecule has 0 heterocycles. The van der Waals surface area contributed by atoms with Crippen molar-refractivity contribution >= 4 is 11.6 Å². The molecule has 2 saturated carbocycles. The number of benzene rings is 1. The van der Waals surface area contributed by atoms with Crippen LogP contribution >= 0.6 is 0 Å². The first kappa shape index (κ1) is 17.1. The molecular weight excluding hydrogens is 296 g/mol.